The van der Waals surface area contributed by atoms with Gasteiger partial charge in [-0.15, -0.1) is 0 Å². The SMILES string of the molecule is CC(Cc1cccc(S(=O)(=O)N2CCC(Nc3ncc(C(F)(F)F)c(-c4cnn(CC(F)(F)F)c4)n3)CC2)c1)N1CCC(c2ccc3c(N4CCC(=O)NC4=O)nn(C)c3c2)CC1. The normalized spacial score (nSPS) is 18.6. The minimum atomic E-state index is -4.89. The number of carbonyl (C=O) groups is 2. The van der Waals surface area contributed by atoms with Crippen LogP contribution in [0.25, 0.3) is 22.2 Å². The van der Waals surface area contributed by atoms with Crippen LogP contribution in [0.4, 0.5) is 42.9 Å². The van der Waals surface area contributed by atoms with E-state index in [1.807, 2.05) is 19.2 Å². The molecule has 3 aliphatic heterocycles. The number of aromatic nitrogens is 6. The number of hydrogen-bond donors (Lipinski definition) is 2. The van der Waals surface area contributed by atoms with E-state index in [0.29, 0.717) is 41.9 Å². The van der Waals surface area contributed by atoms with Crippen LogP contribution >= 0.6 is 0 Å². The third-order valence-electron chi connectivity index (χ3n) is 12.0. The van der Waals surface area contributed by atoms with Gasteiger partial charge >= 0.3 is 18.4 Å². The molecule has 3 saturated heterocycles. The summed E-state index contributed by atoms with van der Waals surface area (Å²) in [6.45, 7) is 2.88. The highest BCUT2D eigenvalue weighted by Crippen LogP contribution is 2.37. The van der Waals surface area contributed by atoms with E-state index in [4.69, 9.17) is 0 Å². The van der Waals surface area contributed by atoms with E-state index in [1.54, 1.807) is 22.9 Å². The molecule has 1 atom stereocenters. The van der Waals surface area contributed by atoms with Crippen LogP contribution in [-0.4, -0.2) is 110 Å². The highest BCUT2D eigenvalue weighted by Gasteiger charge is 2.37. The Morgan fingerprint density at radius 1 is 0.937 bits per heavy atom. The van der Waals surface area contributed by atoms with E-state index in [-0.39, 0.29) is 60.5 Å². The van der Waals surface area contributed by atoms with Crippen molar-refractivity contribution in [3.63, 3.8) is 0 Å². The first-order valence-electron chi connectivity index (χ1n) is 20.5. The van der Waals surface area contributed by atoms with Gasteiger partial charge in [0.1, 0.15) is 12.1 Å². The minimum Gasteiger partial charge on any atom is -0.351 e. The summed E-state index contributed by atoms with van der Waals surface area (Å²) in [6.07, 6.45) is -3.93. The molecule has 2 aromatic carbocycles. The molecule has 1 unspecified atom stereocenters. The number of carbonyl (C=O) groups excluding carboxylic acids is 2. The smallest absolute Gasteiger partial charge is 0.351 e. The summed E-state index contributed by atoms with van der Waals surface area (Å²) >= 11 is 0. The van der Waals surface area contributed by atoms with Gasteiger partial charge in [-0.3, -0.25) is 24.4 Å². The molecular formula is C41H45F6N11O4S. The second-order valence-corrected chi connectivity index (χ2v) is 18.2. The van der Waals surface area contributed by atoms with Crippen LogP contribution in [0.1, 0.15) is 61.6 Å². The largest absolute Gasteiger partial charge is 0.419 e. The Labute approximate surface area is 358 Å². The van der Waals surface area contributed by atoms with Crippen LogP contribution in [0.5, 0.6) is 0 Å². The van der Waals surface area contributed by atoms with Gasteiger partial charge in [-0.2, -0.15) is 40.8 Å². The average Bonchev–Trinajstić information content (AvgIpc) is 3.83. The number of nitrogens with one attached hydrogen (secondary N) is 2. The van der Waals surface area contributed by atoms with Crippen molar-refractivity contribution in [1.29, 1.82) is 0 Å². The van der Waals surface area contributed by atoms with Gasteiger partial charge in [0.05, 0.1) is 22.3 Å². The molecule has 3 amide bonds. The molecule has 5 aromatic rings. The third kappa shape index (κ3) is 9.66. The minimum absolute atomic E-state index is 0.125. The van der Waals surface area contributed by atoms with Crippen LogP contribution in [0.2, 0.25) is 0 Å². The number of halogens is 6. The fourth-order valence-corrected chi connectivity index (χ4v) is 10.2. The molecule has 15 nitrogen and oxygen atoms in total. The Bertz CT molecular complexity index is 2620. The van der Waals surface area contributed by atoms with Crippen molar-refractivity contribution in [3.05, 3.63) is 77.7 Å². The van der Waals surface area contributed by atoms with Gasteiger partial charge < -0.3 is 10.2 Å². The summed E-state index contributed by atoms with van der Waals surface area (Å²) in [4.78, 5) is 36.1. The van der Waals surface area contributed by atoms with E-state index >= 15 is 0 Å². The number of imide groups is 1. The monoisotopic (exact) mass is 901 g/mol. The van der Waals surface area contributed by atoms with Crippen LogP contribution in [0.3, 0.4) is 0 Å². The second-order valence-electron chi connectivity index (χ2n) is 16.3. The maximum absolute atomic E-state index is 13.8. The number of hydrogen-bond acceptors (Lipinski definition) is 10. The third-order valence-corrected chi connectivity index (χ3v) is 13.9. The van der Waals surface area contributed by atoms with Crippen molar-refractivity contribution >= 4 is 44.6 Å². The molecule has 0 bridgehead atoms. The zero-order valence-electron chi connectivity index (χ0n) is 34.3. The predicted molar refractivity (Wildman–Crippen MR) is 219 cm³/mol. The summed E-state index contributed by atoms with van der Waals surface area (Å²) < 4.78 is 111. The topological polar surface area (TPSA) is 163 Å². The number of likely N-dealkylation sites (tertiary alicyclic amines) is 1. The van der Waals surface area contributed by atoms with Crippen molar-refractivity contribution in [1.82, 2.24) is 44.1 Å². The number of sulfonamides is 1. The molecule has 2 N–H and O–H groups in total. The average molecular weight is 902 g/mol. The number of aryl methyl sites for hydroxylation is 1. The molecule has 0 saturated carbocycles. The maximum Gasteiger partial charge on any atom is 0.419 e. The lowest BCUT2D eigenvalue weighted by atomic mass is 9.88. The number of amides is 3. The molecule has 63 heavy (non-hydrogen) atoms. The van der Waals surface area contributed by atoms with Crippen molar-refractivity contribution in [2.24, 2.45) is 7.05 Å². The summed E-state index contributed by atoms with van der Waals surface area (Å²) in [5.74, 6) is 0.366. The number of benzene rings is 2. The molecule has 3 aliphatic rings. The summed E-state index contributed by atoms with van der Waals surface area (Å²) in [5, 5.41) is 14.3. The zero-order valence-corrected chi connectivity index (χ0v) is 35.1. The van der Waals surface area contributed by atoms with Crippen LogP contribution < -0.4 is 15.5 Å². The molecule has 3 aromatic heterocycles. The van der Waals surface area contributed by atoms with Crippen molar-refractivity contribution in [2.45, 2.75) is 87.2 Å². The quantitative estimate of drug-likeness (QED) is 0.143. The predicted octanol–water partition coefficient (Wildman–Crippen LogP) is 6.33. The maximum atomic E-state index is 13.8. The number of fused-ring (bicyclic) bond motifs is 1. The van der Waals surface area contributed by atoms with Gasteiger partial charge in [-0.25, -0.2) is 23.2 Å². The first kappa shape index (κ1) is 44.0. The van der Waals surface area contributed by atoms with Crippen molar-refractivity contribution < 1.29 is 44.3 Å². The van der Waals surface area contributed by atoms with E-state index in [1.165, 1.54) is 14.8 Å². The lowest BCUT2D eigenvalue weighted by Crippen LogP contribution is -2.49. The molecule has 0 aliphatic carbocycles. The van der Waals surface area contributed by atoms with Gasteiger partial charge in [-0.05, 0) is 93.4 Å². The van der Waals surface area contributed by atoms with Crippen LogP contribution in [0, 0.1) is 0 Å². The van der Waals surface area contributed by atoms with Crippen molar-refractivity contribution in [3.8, 4) is 11.3 Å². The summed E-state index contributed by atoms with van der Waals surface area (Å²) in [7, 11) is -2.04. The van der Waals surface area contributed by atoms with Gasteiger partial charge in [0.2, 0.25) is 21.9 Å². The molecule has 6 heterocycles. The highest BCUT2D eigenvalue weighted by molar-refractivity contribution is 7.89. The molecule has 0 spiro atoms. The Balaban J connectivity index is 0.854. The fourth-order valence-electron chi connectivity index (χ4n) is 8.66. The summed E-state index contributed by atoms with van der Waals surface area (Å²) in [5.41, 5.74) is 0.846. The standard InChI is InChI=1S/C41H45F6N11O4S/c1-25(55-13-8-27(9-14-55)28-6-7-32-34(20-28)54(2)53-37(32)58-17-12-35(59)51-39(58)60)18-26-4-3-5-31(19-26)63(61,62)57-15-10-30(11-16-57)50-38-48-22-33(41(45,46)47)36(52-38)29-21-49-56(23-29)24-40(42,43)44/h3-7,19-23,25,27,30H,8-18,24H2,1-2H3,(H,48,50,52)(H,51,59,60). The zero-order chi connectivity index (χ0) is 44.8. The second kappa shape index (κ2) is 17.2. The fraction of sp³-hybridized carbons (Fsp3) is 0.463. The lowest BCUT2D eigenvalue weighted by Gasteiger charge is -2.36. The number of anilines is 2. The van der Waals surface area contributed by atoms with Crippen LogP contribution in [0.15, 0.2) is 66.0 Å². The first-order valence-corrected chi connectivity index (χ1v) is 22.0. The molecule has 8 rings (SSSR count). The summed E-state index contributed by atoms with van der Waals surface area (Å²) in [6, 6.07) is 12.4. The molecule has 336 valence electrons. The Morgan fingerprint density at radius 2 is 1.68 bits per heavy atom. The van der Waals surface area contributed by atoms with Gasteiger partial charge in [0.15, 0.2) is 5.82 Å². The van der Waals surface area contributed by atoms with E-state index in [0.717, 1.165) is 54.8 Å². The number of piperidine rings is 2. The number of nitrogens with zero attached hydrogens (tertiary/aromatic N) is 9. The number of alkyl halides is 6. The molecule has 3 fully saturated rings. The van der Waals surface area contributed by atoms with Gasteiger partial charge in [0, 0.05) is 68.5 Å². The Hall–Kier alpha value is -5.61. The first-order chi connectivity index (χ1) is 29.8. The van der Waals surface area contributed by atoms with Gasteiger partial charge in [-0.1, -0.05) is 18.2 Å². The highest BCUT2D eigenvalue weighted by atomic mass is 32.2. The van der Waals surface area contributed by atoms with E-state index < -0.39 is 46.2 Å². The molecule has 22 heteroatoms. The van der Waals surface area contributed by atoms with Gasteiger partial charge in [0.25, 0.3) is 0 Å². The Kier molecular flexibility index (Phi) is 12.0. The Morgan fingerprint density at radius 3 is 2.38 bits per heavy atom. The van der Waals surface area contributed by atoms with E-state index in [2.05, 4.69) is 54.8 Å². The number of urea groups is 1. The lowest BCUT2D eigenvalue weighted by molar-refractivity contribution is -0.142. The molecule has 0 radical (unpaired) electrons. The molecular weight excluding hydrogens is 857 g/mol. The number of rotatable bonds is 11. The van der Waals surface area contributed by atoms with E-state index in [9.17, 15) is 44.3 Å². The van der Waals surface area contributed by atoms with Crippen molar-refractivity contribution in [2.75, 3.05) is 42.9 Å². The van der Waals surface area contributed by atoms with Crippen LogP contribution in [-0.2, 0) is 41.0 Å².